The molecule has 2 aliphatic heterocycles. The van der Waals surface area contributed by atoms with Gasteiger partial charge in [-0.2, -0.15) is 0 Å². The Morgan fingerprint density at radius 1 is 0.977 bits per heavy atom. The van der Waals surface area contributed by atoms with E-state index in [1.165, 1.54) is 28.8 Å². The van der Waals surface area contributed by atoms with Gasteiger partial charge in [-0.15, -0.1) is 0 Å². The van der Waals surface area contributed by atoms with Crippen LogP contribution in [-0.4, -0.2) is 46.3 Å². The van der Waals surface area contributed by atoms with Gasteiger partial charge in [-0.3, -0.25) is 19.2 Å². The molecule has 0 saturated carbocycles. The van der Waals surface area contributed by atoms with E-state index in [1.807, 2.05) is 26.0 Å². The van der Waals surface area contributed by atoms with E-state index >= 15 is 0 Å². The number of aromatic amines is 1. The third-order valence-electron chi connectivity index (χ3n) is 7.25. The number of carbonyl (C=O) groups excluding carboxylic acids is 3. The summed E-state index contributed by atoms with van der Waals surface area (Å²) in [6.07, 6.45) is 0. The number of fused-ring (bicyclic) bond motifs is 2. The Bertz CT molecular complexity index is 1770. The number of anilines is 2. The van der Waals surface area contributed by atoms with Gasteiger partial charge in [0.15, 0.2) is 18.1 Å². The highest BCUT2D eigenvalue weighted by Crippen LogP contribution is 2.53. The van der Waals surface area contributed by atoms with Crippen molar-refractivity contribution in [2.24, 2.45) is 5.92 Å². The number of aryl methyl sites for hydroxylation is 1. The van der Waals surface area contributed by atoms with Crippen LogP contribution in [-0.2, 0) is 14.4 Å². The monoisotopic (exact) mass is 617 g/mol. The van der Waals surface area contributed by atoms with Crippen molar-refractivity contribution in [1.29, 1.82) is 0 Å². The van der Waals surface area contributed by atoms with Gasteiger partial charge in [0.05, 0.1) is 23.2 Å². The number of hydrogen-bond donors (Lipinski definition) is 3. The molecule has 6 rings (SSSR count). The highest BCUT2D eigenvalue weighted by Gasteiger charge is 2.56. The summed E-state index contributed by atoms with van der Waals surface area (Å²) >= 11 is 2.25. The van der Waals surface area contributed by atoms with Crippen molar-refractivity contribution in [3.8, 4) is 17.2 Å². The Labute approximate surface area is 254 Å². The number of nitrogens with zero attached hydrogens (tertiary/aromatic N) is 1. The molecule has 0 aliphatic carbocycles. The summed E-state index contributed by atoms with van der Waals surface area (Å²) in [7, 11) is 0. The van der Waals surface area contributed by atoms with E-state index in [2.05, 4.69) is 10.3 Å². The molecule has 3 N–H and O–H groups in total. The van der Waals surface area contributed by atoms with Crippen molar-refractivity contribution < 1.29 is 29.0 Å². The molecule has 2 unspecified atom stereocenters. The number of aromatic hydroxyl groups is 1. The molecule has 0 radical (unpaired) electrons. The summed E-state index contributed by atoms with van der Waals surface area (Å²) in [5.74, 6) is -1.60. The minimum atomic E-state index is -0.741. The summed E-state index contributed by atoms with van der Waals surface area (Å²) in [6, 6.07) is 18.5. The summed E-state index contributed by atoms with van der Waals surface area (Å²) in [6.45, 7) is 3.76. The van der Waals surface area contributed by atoms with Crippen LogP contribution in [0.4, 0.5) is 11.4 Å². The molecule has 3 amide bonds. The molecule has 3 aromatic carbocycles. The van der Waals surface area contributed by atoms with Gasteiger partial charge in [0.1, 0.15) is 11.0 Å². The first-order chi connectivity index (χ1) is 20.7. The zero-order valence-corrected chi connectivity index (χ0v) is 24.8. The lowest BCUT2D eigenvalue weighted by molar-refractivity contribution is -0.122. The largest absolute Gasteiger partial charge is 0.508 e. The van der Waals surface area contributed by atoms with E-state index < -0.39 is 23.0 Å². The molecule has 1 aromatic heterocycles. The van der Waals surface area contributed by atoms with Crippen LogP contribution >= 0.6 is 23.1 Å². The second-order valence-electron chi connectivity index (χ2n) is 10.1. The molecular formula is C31H27N3O7S2. The number of rotatable bonds is 8. The summed E-state index contributed by atoms with van der Waals surface area (Å²) in [5.41, 5.74) is 2.71. The minimum absolute atomic E-state index is 0.0872. The second-order valence-corrected chi connectivity index (χ2v) is 12.3. The van der Waals surface area contributed by atoms with Crippen LogP contribution in [0.25, 0.3) is 0 Å². The molecule has 1 saturated heterocycles. The lowest BCUT2D eigenvalue weighted by atomic mass is 9.83. The molecule has 10 nitrogen and oxygen atoms in total. The second kappa shape index (κ2) is 11.6. The SMILES string of the molecule is CCOc1cc([C@H]2c3sc(=O)[nH]c3SC3C(=O)N(c4ccc(C)cc4)C(=O)C32)ccc1OCC(=O)Nc1ccc(O)cc1. The Morgan fingerprint density at radius 2 is 1.72 bits per heavy atom. The molecule has 12 heteroatoms. The van der Waals surface area contributed by atoms with Gasteiger partial charge >= 0.3 is 4.87 Å². The first-order valence-corrected chi connectivity index (χ1v) is 15.3. The Kier molecular flexibility index (Phi) is 7.72. The lowest BCUT2D eigenvalue weighted by Crippen LogP contribution is -2.32. The summed E-state index contributed by atoms with van der Waals surface area (Å²) < 4.78 is 11.7. The molecule has 3 heterocycles. The maximum absolute atomic E-state index is 14.0. The zero-order valence-electron chi connectivity index (χ0n) is 23.2. The summed E-state index contributed by atoms with van der Waals surface area (Å²) in [5, 5.41) is 12.0. The van der Waals surface area contributed by atoms with Crippen molar-refractivity contribution in [1.82, 2.24) is 4.98 Å². The first kappa shape index (κ1) is 28.6. The molecule has 4 aromatic rings. The van der Waals surface area contributed by atoms with Gasteiger partial charge in [0.2, 0.25) is 11.8 Å². The van der Waals surface area contributed by atoms with Crippen molar-refractivity contribution in [2.45, 2.75) is 30.0 Å². The quantitative estimate of drug-likeness (QED) is 0.192. The predicted octanol–water partition coefficient (Wildman–Crippen LogP) is 4.66. The smallest absolute Gasteiger partial charge is 0.305 e. The topological polar surface area (TPSA) is 138 Å². The Balaban J connectivity index is 1.31. The fraction of sp³-hybridized carbons (Fsp3) is 0.226. The fourth-order valence-corrected chi connectivity index (χ4v) is 7.83. The summed E-state index contributed by atoms with van der Waals surface area (Å²) in [4.78, 5) is 57.1. The van der Waals surface area contributed by atoms with Gasteiger partial charge in [-0.05, 0) is 67.9 Å². The highest BCUT2D eigenvalue weighted by molar-refractivity contribution is 8.00. The van der Waals surface area contributed by atoms with E-state index in [4.69, 9.17) is 9.47 Å². The van der Waals surface area contributed by atoms with E-state index in [9.17, 15) is 24.3 Å². The molecular weight excluding hydrogens is 590 g/mol. The van der Waals surface area contributed by atoms with Crippen LogP contribution in [0.2, 0.25) is 0 Å². The van der Waals surface area contributed by atoms with Gasteiger partial charge in [-0.25, -0.2) is 4.90 Å². The molecule has 0 spiro atoms. The van der Waals surface area contributed by atoms with Gasteiger partial charge < -0.3 is 24.9 Å². The van der Waals surface area contributed by atoms with Crippen LogP contribution < -0.4 is 24.6 Å². The number of nitrogens with one attached hydrogen (secondary N) is 2. The van der Waals surface area contributed by atoms with E-state index in [0.29, 0.717) is 44.9 Å². The van der Waals surface area contributed by atoms with Crippen LogP contribution in [0.5, 0.6) is 17.2 Å². The molecule has 1 fully saturated rings. The van der Waals surface area contributed by atoms with Crippen LogP contribution in [0.15, 0.2) is 76.6 Å². The number of aromatic nitrogens is 1. The average Bonchev–Trinajstić information content (AvgIpc) is 3.48. The number of thiazole rings is 1. The number of ether oxygens (including phenoxy) is 2. The third-order valence-corrected chi connectivity index (χ3v) is 9.65. The number of amides is 3. The van der Waals surface area contributed by atoms with Gasteiger partial charge in [0, 0.05) is 16.5 Å². The molecule has 2 aliphatic rings. The number of phenols is 1. The molecule has 3 atom stereocenters. The van der Waals surface area contributed by atoms with Gasteiger partial charge in [0.25, 0.3) is 5.91 Å². The van der Waals surface area contributed by atoms with E-state index in [0.717, 1.165) is 16.9 Å². The first-order valence-electron chi connectivity index (χ1n) is 13.6. The van der Waals surface area contributed by atoms with Crippen LogP contribution in [0, 0.1) is 12.8 Å². The number of imide groups is 1. The lowest BCUT2D eigenvalue weighted by Gasteiger charge is -2.30. The van der Waals surface area contributed by atoms with Crippen molar-refractivity contribution in [2.75, 3.05) is 23.4 Å². The molecule has 43 heavy (non-hydrogen) atoms. The number of H-pyrrole nitrogens is 1. The highest BCUT2D eigenvalue weighted by atomic mass is 32.2. The number of thioether (sulfide) groups is 1. The minimum Gasteiger partial charge on any atom is -0.508 e. The van der Waals surface area contributed by atoms with Crippen molar-refractivity contribution >= 4 is 52.2 Å². The van der Waals surface area contributed by atoms with E-state index in [1.54, 1.807) is 42.5 Å². The normalized spacial score (nSPS) is 19.1. The number of hydrogen-bond acceptors (Lipinski definition) is 9. The predicted molar refractivity (Wildman–Crippen MR) is 163 cm³/mol. The van der Waals surface area contributed by atoms with E-state index in [-0.39, 0.29) is 29.0 Å². The molecule has 220 valence electrons. The maximum atomic E-state index is 14.0. The maximum Gasteiger partial charge on any atom is 0.305 e. The third kappa shape index (κ3) is 5.51. The number of benzene rings is 3. The number of phenolic OH excluding ortho intramolecular Hbond substituents is 1. The Morgan fingerprint density at radius 3 is 2.44 bits per heavy atom. The average molecular weight is 618 g/mol. The van der Waals surface area contributed by atoms with Crippen LogP contribution in [0.1, 0.15) is 28.8 Å². The zero-order chi connectivity index (χ0) is 30.2. The number of carbonyl (C=O) groups is 3. The van der Waals surface area contributed by atoms with Crippen LogP contribution in [0.3, 0.4) is 0 Å². The fourth-order valence-electron chi connectivity index (χ4n) is 5.32. The molecule has 0 bridgehead atoms. The van der Waals surface area contributed by atoms with Crippen molar-refractivity contribution in [3.05, 3.63) is 92.4 Å². The standard InChI is InChI=1S/C31H27N3O7S2/c1-3-40-22-14-17(6-13-21(22)41-15-23(36)32-18-7-11-20(35)12-8-18)24-25-27(42-28-26(24)43-31(39)33-28)30(38)34(29(25)37)19-9-4-16(2)5-10-19/h4-14,24-25,27,35H,3,15H2,1-2H3,(H,32,36)(H,33,39)/t24-,25?,27?/m1/s1. The van der Waals surface area contributed by atoms with Gasteiger partial charge in [-0.1, -0.05) is 46.9 Å². The Hall–Kier alpha value is -4.55. The van der Waals surface area contributed by atoms with Crippen molar-refractivity contribution in [3.63, 3.8) is 0 Å².